The zero-order valence-corrected chi connectivity index (χ0v) is 11.2. The van der Waals surface area contributed by atoms with Crippen LogP contribution in [0.15, 0.2) is 18.2 Å². The summed E-state index contributed by atoms with van der Waals surface area (Å²) in [5.41, 5.74) is 9.55. The predicted octanol–water partition coefficient (Wildman–Crippen LogP) is 2.44. The zero-order chi connectivity index (χ0) is 14.0. The summed E-state index contributed by atoms with van der Waals surface area (Å²) < 4.78 is 0. The first-order chi connectivity index (χ1) is 9.04. The van der Waals surface area contributed by atoms with Crippen molar-refractivity contribution in [2.75, 3.05) is 6.54 Å². The molecule has 2 aromatic rings. The molecule has 0 bridgehead atoms. The highest BCUT2D eigenvalue weighted by atomic mass is 16.4. The number of aromatic carboxylic acids is 1. The van der Waals surface area contributed by atoms with Gasteiger partial charge < -0.3 is 10.8 Å². The van der Waals surface area contributed by atoms with Crippen molar-refractivity contribution in [3.05, 3.63) is 40.6 Å². The summed E-state index contributed by atoms with van der Waals surface area (Å²) in [6, 6.07) is 5.43. The number of nitrogens with zero attached hydrogens (tertiary/aromatic N) is 1. The Kier molecular flexibility index (Phi) is 3.81. The number of nitrogens with two attached hydrogens (primary N) is 1. The molecular weight excluding hydrogens is 240 g/mol. The number of carboxylic acid groups (broad SMARTS) is 1. The second kappa shape index (κ2) is 5.36. The van der Waals surface area contributed by atoms with Gasteiger partial charge in [-0.25, -0.2) is 4.79 Å². The fraction of sp³-hybridized carbons (Fsp3) is 0.333. The summed E-state index contributed by atoms with van der Waals surface area (Å²) in [5.74, 6) is -0.912. The molecular formula is C15H18N2O2. The van der Waals surface area contributed by atoms with Crippen LogP contribution >= 0.6 is 0 Å². The van der Waals surface area contributed by atoms with E-state index in [9.17, 15) is 9.90 Å². The van der Waals surface area contributed by atoms with Crippen LogP contribution in [0.3, 0.4) is 0 Å². The van der Waals surface area contributed by atoms with Gasteiger partial charge in [0.1, 0.15) is 0 Å². The number of carbonyl (C=O) groups is 1. The maximum atomic E-state index is 11.4. The van der Waals surface area contributed by atoms with Gasteiger partial charge in [-0.3, -0.25) is 4.98 Å². The molecule has 0 unspecified atom stereocenters. The Morgan fingerprint density at radius 2 is 2.11 bits per heavy atom. The largest absolute Gasteiger partial charge is 0.478 e. The summed E-state index contributed by atoms with van der Waals surface area (Å²) in [6.07, 6.45) is 1.52. The summed E-state index contributed by atoms with van der Waals surface area (Å²) in [4.78, 5) is 16.0. The molecule has 0 atom stereocenters. The number of fused-ring (bicyclic) bond motifs is 1. The molecule has 100 valence electrons. The average molecular weight is 258 g/mol. The third-order valence-corrected chi connectivity index (χ3v) is 3.43. The van der Waals surface area contributed by atoms with Crippen molar-refractivity contribution in [2.45, 2.75) is 26.7 Å². The van der Waals surface area contributed by atoms with Gasteiger partial charge in [-0.2, -0.15) is 0 Å². The number of aryl methyl sites for hydroxylation is 3. The van der Waals surface area contributed by atoms with E-state index in [0.29, 0.717) is 23.9 Å². The molecule has 1 heterocycles. The monoisotopic (exact) mass is 258 g/mol. The van der Waals surface area contributed by atoms with Crippen LogP contribution in [0, 0.1) is 13.8 Å². The van der Waals surface area contributed by atoms with Crippen LogP contribution in [0.2, 0.25) is 0 Å². The molecule has 0 aliphatic rings. The SMILES string of the molecule is Cc1ccc2c(C(=O)O)cc(CCCN)nc2c1C. The number of rotatable bonds is 4. The first-order valence-corrected chi connectivity index (χ1v) is 6.37. The first-order valence-electron chi connectivity index (χ1n) is 6.37. The Morgan fingerprint density at radius 3 is 2.74 bits per heavy atom. The molecule has 0 aliphatic heterocycles. The Bertz CT molecular complexity index is 636. The van der Waals surface area contributed by atoms with Gasteiger partial charge in [0, 0.05) is 11.1 Å². The van der Waals surface area contributed by atoms with E-state index in [1.165, 1.54) is 0 Å². The van der Waals surface area contributed by atoms with Crippen molar-refractivity contribution >= 4 is 16.9 Å². The number of hydrogen-bond donors (Lipinski definition) is 2. The quantitative estimate of drug-likeness (QED) is 0.883. The fourth-order valence-corrected chi connectivity index (χ4v) is 2.17. The lowest BCUT2D eigenvalue weighted by Crippen LogP contribution is -2.06. The highest BCUT2D eigenvalue weighted by molar-refractivity contribution is 6.03. The summed E-state index contributed by atoms with van der Waals surface area (Å²) in [7, 11) is 0. The minimum absolute atomic E-state index is 0.320. The van der Waals surface area contributed by atoms with E-state index in [1.54, 1.807) is 6.07 Å². The molecule has 3 N–H and O–H groups in total. The second-order valence-corrected chi connectivity index (χ2v) is 4.76. The van der Waals surface area contributed by atoms with Crippen molar-refractivity contribution in [1.29, 1.82) is 0 Å². The van der Waals surface area contributed by atoms with Gasteiger partial charge in [-0.1, -0.05) is 12.1 Å². The molecule has 0 aliphatic carbocycles. The minimum atomic E-state index is -0.912. The molecule has 0 spiro atoms. The van der Waals surface area contributed by atoms with E-state index in [4.69, 9.17) is 5.73 Å². The summed E-state index contributed by atoms with van der Waals surface area (Å²) in [5, 5.41) is 10.0. The van der Waals surface area contributed by atoms with Gasteiger partial charge in [0.15, 0.2) is 0 Å². The Hall–Kier alpha value is -1.94. The Morgan fingerprint density at radius 1 is 1.37 bits per heavy atom. The van der Waals surface area contributed by atoms with Crippen LogP contribution in [0.5, 0.6) is 0 Å². The number of benzene rings is 1. The molecule has 0 fully saturated rings. The maximum Gasteiger partial charge on any atom is 0.336 e. The lowest BCUT2D eigenvalue weighted by atomic mass is 10.00. The van der Waals surface area contributed by atoms with E-state index in [-0.39, 0.29) is 0 Å². The first kappa shape index (κ1) is 13.5. The fourth-order valence-electron chi connectivity index (χ4n) is 2.17. The number of carboxylic acids is 1. The smallest absolute Gasteiger partial charge is 0.336 e. The number of aromatic nitrogens is 1. The zero-order valence-electron chi connectivity index (χ0n) is 11.2. The Balaban J connectivity index is 2.69. The number of pyridine rings is 1. The molecule has 1 aromatic carbocycles. The van der Waals surface area contributed by atoms with Crippen LogP contribution in [0.1, 0.15) is 33.6 Å². The van der Waals surface area contributed by atoms with Crippen molar-refractivity contribution in [3.8, 4) is 0 Å². The van der Waals surface area contributed by atoms with Crippen molar-refractivity contribution in [1.82, 2.24) is 4.98 Å². The van der Waals surface area contributed by atoms with Gasteiger partial charge in [-0.15, -0.1) is 0 Å². The third kappa shape index (κ3) is 2.58. The van der Waals surface area contributed by atoms with Gasteiger partial charge in [0.25, 0.3) is 0 Å². The van der Waals surface area contributed by atoms with E-state index >= 15 is 0 Å². The highest BCUT2D eigenvalue weighted by Crippen LogP contribution is 2.24. The molecule has 2 rings (SSSR count). The standard InChI is InChI=1S/C15H18N2O2/c1-9-5-6-12-13(15(18)19)8-11(4-3-7-16)17-14(12)10(9)2/h5-6,8H,3-4,7,16H2,1-2H3,(H,18,19). The normalized spacial score (nSPS) is 10.9. The second-order valence-electron chi connectivity index (χ2n) is 4.76. The summed E-state index contributed by atoms with van der Waals surface area (Å²) in [6.45, 7) is 4.56. The van der Waals surface area contributed by atoms with Gasteiger partial charge in [0.2, 0.25) is 0 Å². The predicted molar refractivity (Wildman–Crippen MR) is 75.6 cm³/mol. The maximum absolute atomic E-state index is 11.4. The minimum Gasteiger partial charge on any atom is -0.478 e. The lowest BCUT2D eigenvalue weighted by molar-refractivity contribution is 0.0699. The number of hydrogen-bond acceptors (Lipinski definition) is 3. The van der Waals surface area contributed by atoms with Gasteiger partial charge in [0.05, 0.1) is 11.1 Å². The Labute approximate surface area is 112 Å². The molecule has 0 saturated heterocycles. The van der Waals surface area contributed by atoms with Crippen LogP contribution < -0.4 is 5.73 Å². The van der Waals surface area contributed by atoms with Crippen molar-refractivity contribution in [2.24, 2.45) is 5.73 Å². The average Bonchev–Trinajstić information content (AvgIpc) is 2.40. The van der Waals surface area contributed by atoms with Gasteiger partial charge >= 0.3 is 5.97 Å². The molecule has 0 amide bonds. The topological polar surface area (TPSA) is 76.2 Å². The highest BCUT2D eigenvalue weighted by Gasteiger charge is 2.13. The van der Waals surface area contributed by atoms with Crippen LogP contribution in [-0.2, 0) is 6.42 Å². The van der Waals surface area contributed by atoms with Crippen molar-refractivity contribution in [3.63, 3.8) is 0 Å². The van der Waals surface area contributed by atoms with E-state index in [1.807, 2.05) is 26.0 Å². The van der Waals surface area contributed by atoms with E-state index in [0.717, 1.165) is 28.8 Å². The molecule has 19 heavy (non-hydrogen) atoms. The third-order valence-electron chi connectivity index (χ3n) is 3.43. The van der Waals surface area contributed by atoms with E-state index < -0.39 is 5.97 Å². The summed E-state index contributed by atoms with van der Waals surface area (Å²) >= 11 is 0. The molecule has 0 radical (unpaired) electrons. The molecule has 1 aromatic heterocycles. The van der Waals surface area contributed by atoms with Crippen LogP contribution in [0.25, 0.3) is 10.9 Å². The lowest BCUT2D eigenvalue weighted by Gasteiger charge is -2.10. The van der Waals surface area contributed by atoms with Gasteiger partial charge in [-0.05, 0) is 50.4 Å². The molecule has 4 nitrogen and oxygen atoms in total. The van der Waals surface area contributed by atoms with E-state index in [2.05, 4.69) is 4.98 Å². The van der Waals surface area contributed by atoms with Crippen LogP contribution in [-0.4, -0.2) is 22.6 Å². The van der Waals surface area contributed by atoms with Crippen LogP contribution in [0.4, 0.5) is 0 Å². The van der Waals surface area contributed by atoms with Crippen molar-refractivity contribution < 1.29 is 9.90 Å². The molecule has 0 saturated carbocycles. The molecule has 4 heteroatoms.